The predicted molar refractivity (Wildman–Crippen MR) is 121 cm³/mol. The summed E-state index contributed by atoms with van der Waals surface area (Å²) in [6, 6.07) is 7.07. The highest BCUT2D eigenvalue weighted by Gasteiger charge is 2.25. The third-order valence-corrected chi connectivity index (χ3v) is 9.65. The SMILES string of the molecule is CC[C@H]1CCC(CC[C@@H](C)c2ccc3sc(C4CCN(C)CC4)nc3c2)S1. The average molecular weight is 403 g/mol. The van der Waals surface area contributed by atoms with Crippen molar-refractivity contribution >= 4 is 33.3 Å². The van der Waals surface area contributed by atoms with Gasteiger partial charge in [-0.2, -0.15) is 11.8 Å². The molecule has 3 heterocycles. The average Bonchev–Trinajstić information content (AvgIpc) is 3.32. The van der Waals surface area contributed by atoms with Gasteiger partial charge < -0.3 is 4.90 Å². The van der Waals surface area contributed by atoms with E-state index in [1.165, 1.54) is 78.8 Å². The van der Waals surface area contributed by atoms with Crippen LogP contribution in [-0.4, -0.2) is 40.5 Å². The molecule has 4 heteroatoms. The Morgan fingerprint density at radius 1 is 1.15 bits per heavy atom. The molecule has 0 bridgehead atoms. The van der Waals surface area contributed by atoms with Crippen LogP contribution in [0.2, 0.25) is 0 Å². The number of hydrogen-bond donors (Lipinski definition) is 0. The van der Waals surface area contributed by atoms with Crippen LogP contribution >= 0.6 is 23.1 Å². The first-order chi connectivity index (χ1) is 13.1. The van der Waals surface area contributed by atoms with Gasteiger partial charge in [-0.3, -0.25) is 0 Å². The Bertz CT molecular complexity index is 748. The molecule has 2 nitrogen and oxygen atoms in total. The van der Waals surface area contributed by atoms with Gasteiger partial charge >= 0.3 is 0 Å². The Kier molecular flexibility index (Phi) is 6.45. The molecule has 0 radical (unpaired) electrons. The number of thioether (sulfide) groups is 1. The lowest BCUT2D eigenvalue weighted by molar-refractivity contribution is 0.255. The molecule has 0 N–H and O–H groups in total. The number of piperidine rings is 1. The van der Waals surface area contributed by atoms with E-state index in [9.17, 15) is 0 Å². The summed E-state index contributed by atoms with van der Waals surface area (Å²) in [6.07, 6.45) is 9.42. The first-order valence-electron chi connectivity index (χ1n) is 10.9. The molecule has 3 atom stereocenters. The Morgan fingerprint density at radius 2 is 1.93 bits per heavy atom. The number of thiazole rings is 1. The zero-order valence-corrected chi connectivity index (χ0v) is 18.7. The van der Waals surface area contributed by atoms with E-state index < -0.39 is 0 Å². The summed E-state index contributed by atoms with van der Waals surface area (Å²) in [5, 5.41) is 3.20. The molecule has 1 aromatic heterocycles. The fraction of sp³-hybridized carbons (Fsp3) is 0.696. The van der Waals surface area contributed by atoms with Crippen LogP contribution in [0.25, 0.3) is 10.2 Å². The second kappa shape index (κ2) is 8.84. The number of fused-ring (bicyclic) bond motifs is 1. The van der Waals surface area contributed by atoms with Crippen molar-refractivity contribution in [3.05, 3.63) is 28.8 Å². The molecular formula is C23H34N2S2. The molecule has 2 aliphatic rings. The zero-order chi connectivity index (χ0) is 18.8. The van der Waals surface area contributed by atoms with Crippen molar-refractivity contribution in [3.63, 3.8) is 0 Å². The second-order valence-electron chi connectivity index (χ2n) is 8.70. The normalized spacial score (nSPS) is 26.0. The summed E-state index contributed by atoms with van der Waals surface area (Å²) in [4.78, 5) is 7.50. The van der Waals surface area contributed by atoms with Crippen LogP contribution in [0.4, 0.5) is 0 Å². The molecule has 27 heavy (non-hydrogen) atoms. The number of nitrogens with zero attached hydrogens (tertiary/aromatic N) is 2. The highest BCUT2D eigenvalue weighted by Crippen LogP contribution is 2.40. The largest absolute Gasteiger partial charge is 0.306 e. The highest BCUT2D eigenvalue weighted by atomic mass is 32.2. The summed E-state index contributed by atoms with van der Waals surface area (Å²) < 4.78 is 1.37. The maximum absolute atomic E-state index is 5.06. The van der Waals surface area contributed by atoms with E-state index in [2.05, 4.69) is 55.8 Å². The topological polar surface area (TPSA) is 16.1 Å². The highest BCUT2D eigenvalue weighted by molar-refractivity contribution is 8.00. The monoisotopic (exact) mass is 402 g/mol. The van der Waals surface area contributed by atoms with Crippen molar-refractivity contribution in [1.29, 1.82) is 0 Å². The van der Waals surface area contributed by atoms with Crippen LogP contribution < -0.4 is 0 Å². The molecule has 0 spiro atoms. The van der Waals surface area contributed by atoms with Gasteiger partial charge in [-0.15, -0.1) is 11.3 Å². The molecular weight excluding hydrogens is 368 g/mol. The molecule has 1 unspecified atom stereocenters. The predicted octanol–water partition coefficient (Wildman–Crippen LogP) is 6.66. The molecule has 2 saturated heterocycles. The lowest BCUT2D eigenvalue weighted by Crippen LogP contribution is -2.29. The maximum atomic E-state index is 5.06. The van der Waals surface area contributed by atoms with Crippen LogP contribution in [0.1, 0.15) is 81.2 Å². The summed E-state index contributed by atoms with van der Waals surface area (Å²) in [6.45, 7) is 7.16. The van der Waals surface area contributed by atoms with E-state index >= 15 is 0 Å². The van der Waals surface area contributed by atoms with Gasteiger partial charge in [0.2, 0.25) is 0 Å². The van der Waals surface area contributed by atoms with Crippen molar-refractivity contribution in [3.8, 4) is 0 Å². The van der Waals surface area contributed by atoms with Gasteiger partial charge in [0.15, 0.2) is 0 Å². The van der Waals surface area contributed by atoms with Gasteiger partial charge in [-0.05, 0) is 88.7 Å². The van der Waals surface area contributed by atoms with E-state index in [0.717, 1.165) is 10.5 Å². The van der Waals surface area contributed by atoms with E-state index in [1.807, 2.05) is 11.3 Å². The van der Waals surface area contributed by atoms with Crippen LogP contribution in [0.3, 0.4) is 0 Å². The van der Waals surface area contributed by atoms with Crippen LogP contribution in [0, 0.1) is 0 Å². The Balaban J connectivity index is 1.39. The minimum atomic E-state index is 0.643. The Hall–Kier alpha value is -0.580. The molecule has 1 aromatic carbocycles. The molecule has 2 aromatic rings. The van der Waals surface area contributed by atoms with E-state index in [-0.39, 0.29) is 0 Å². The first kappa shape index (κ1) is 19.7. The summed E-state index contributed by atoms with van der Waals surface area (Å²) in [7, 11) is 2.23. The molecule has 0 saturated carbocycles. The Morgan fingerprint density at radius 3 is 2.67 bits per heavy atom. The second-order valence-corrected chi connectivity index (χ2v) is 11.4. The van der Waals surface area contributed by atoms with Crippen LogP contribution in [0.5, 0.6) is 0 Å². The number of hydrogen-bond acceptors (Lipinski definition) is 4. The van der Waals surface area contributed by atoms with E-state index in [4.69, 9.17) is 4.98 Å². The van der Waals surface area contributed by atoms with Gasteiger partial charge in [0.25, 0.3) is 0 Å². The van der Waals surface area contributed by atoms with Gasteiger partial charge in [0.05, 0.1) is 15.2 Å². The lowest BCUT2D eigenvalue weighted by atomic mass is 9.94. The maximum Gasteiger partial charge on any atom is 0.0970 e. The van der Waals surface area contributed by atoms with Gasteiger partial charge in [0.1, 0.15) is 0 Å². The number of benzene rings is 1. The standard InChI is InChI=1S/C23H34N2S2/c1-4-19-8-9-20(26-19)7-5-16(2)18-6-10-22-21(15-18)24-23(27-22)17-11-13-25(3)14-12-17/h6,10,15-17,19-20H,4-5,7-9,11-14H2,1-3H3/t16-,19+,20?/m1/s1. The molecule has 148 valence electrons. The molecule has 2 aliphatic heterocycles. The molecule has 0 aliphatic carbocycles. The minimum Gasteiger partial charge on any atom is -0.306 e. The number of rotatable bonds is 6. The molecule has 0 amide bonds. The van der Waals surface area contributed by atoms with Gasteiger partial charge in [-0.1, -0.05) is 19.9 Å². The Labute approximate surface area is 173 Å². The lowest BCUT2D eigenvalue weighted by Gasteiger charge is -2.27. The van der Waals surface area contributed by atoms with Crippen molar-refractivity contribution in [2.24, 2.45) is 0 Å². The summed E-state index contributed by atoms with van der Waals surface area (Å²) in [5.41, 5.74) is 2.72. The van der Waals surface area contributed by atoms with Crippen molar-refractivity contribution in [1.82, 2.24) is 9.88 Å². The van der Waals surface area contributed by atoms with Crippen molar-refractivity contribution in [2.75, 3.05) is 20.1 Å². The van der Waals surface area contributed by atoms with E-state index in [0.29, 0.717) is 11.8 Å². The van der Waals surface area contributed by atoms with Gasteiger partial charge in [0, 0.05) is 16.4 Å². The fourth-order valence-electron chi connectivity index (χ4n) is 4.59. The third kappa shape index (κ3) is 4.71. The fourth-order valence-corrected chi connectivity index (χ4v) is 7.26. The van der Waals surface area contributed by atoms with Crippen molar-refractivity contribution in [2.45, 2.75) is 81.1 Å². The van der Waals surface area contributed by atoms with E-state index in [1.54, 1.807) is 0 Å². The summed E-state index contributed by atoms with van der Waals surface area (Å²) >= 11 is 4.18. The third-order valence-electron chi connectivity index (χ3n) is 6.64. The van der Waals surface area contributed by atoms with Gasteiger partial charge in [-0.25, -0.2) is 4.98 Å². The number of aromatic nitrogens is 1. The quantitative estimate of drug-likeness (QED) is 0.537. The summed E-state index contributed by atoms with van der Waals surface area (Å²) in [5.74, 6) is 1.31. The van der Waals surface area contributed by atoms with Crippen LogP contribution in [-0.2, 0) is 0 Å². The van der Waals surface area contributed by atoms with Crippen LogP contribution in [0.15, 0.2) is 18.2 Å². The molecule has 2 fully saturated rings. The smallest absolute Gasteiger partial charge is 0.0970 e. The molecule has 4 rings (SSSR count). The zero-order valence-electron chi connectivity index (χ0n) is 17.1. The first-order valence-corrected chi connectivity index (χ1v) is 12.6. The van der Waals surface area contributed by atoms with Crippen molar-refractivity contribution < 1.29 is 0 Å². The minimum absolute atomic E-state index is 0.643. The number of likely N-dealkylation sites (tertiary alicyclic amines) is 1.